The molecular formula is C18H19F3N2O4S2. The molecule has 0 radical (unpaired) electrons. The van der Waals surface area contributed by atoms with Gasteiger partial charge in [0.25, 0.3) is 10.0 Å². The topological polar surface area (TPSA) is 66.9 Å². The number of nitrogens with zero attached hydrogens (tertiary/aromatic N) is 2. The van der Waals surface area contributed by atoms with E-state index in [0.717, 1.165) is 23.5 Å². The molecule has 6 nitrogen and oxygen atoms in total. The molecule has 1 saturated heterocycles. The number of alkyl halides is 3. The standard InChI is InChI=1S/C18H19F3N2O4S2/c1-22(14-4-6-15(7-5-14)27-18(19,20)21)17(24)13-8-10-23(11-9-13)29(25,26)16-3-2-12-28-16/h2-7,12-13H,8-11H2,1H3. The fourth-order valence-electron chi connectivity index (χ4n) is 3.15. The van der Waals surface area contributed by atoms with E-state index in [1.165, 1.54) is 28.4 Å². The van der Waals surface area contributed by atoms with Crippen LogP contribution in [0.25, 0.3) is 0 Å². The molecule has 29 heavy (non-hydrogen) atoms. The van der Waals surface area contributed by atoms with Gasteiger partial charge in [-0.05, 0) is 48.6 Å². The zero-order valence-electron chi connectivity index (χ0n) is 15.4. The van der Waals surface area contributed by atoms with Crippen molar-refractivity contribution in [2.75, 3.05) is 25.0 Å². The van der Waals surface area contributed by atoms with Crippen molar-refractivity contribution in [2.24, 2.45) is 5.92 Å². The van der Waals surface area contributed by atoms with Crippen LogP contribution in [0, 0.1) is 5.92 Å². The van der Waals surface area contributed by atoms with Gasteiger partial charge in [-0.2, -0.15) is 4.31 Å². The van der Waals surface area contributed by atoms with Gasteiger partial charge in [0.15, 0.2) is 0 Å². The Kier molecular flexibility index (Phi) is 6.20. The number of hydrogen-bond acceptors (Lipinski definition) is 5. The Labute approximate surface area is 170 Å². The highest BCUT2D eigenvalue weighted by Gasteiger charge is 2.34. The molecule has 0 aliphatic carbocycles. The van der Waals surface area contributed by atoms with Gasteiger partial charge in [0, 0.05) is 31.7 Å². The number of carbonyl (C=O) groups excluding carboxylic acids is 1. The van der Waals surface area contributed by atoms with Crippen molar-refractivity contribution >= 4 is 33.0 Å². The first kappa shape index (κ1) is 21.6. The summed E-state index contributed by atoms with van der Waals surface area (Å²) in [5.41, 5.74) is 0.429. The minimum Gasteiger partial charge on any atom is -0.406 e. The fraction of sp³-hybridized carbons (Fsp3) is 0.389. The highest BCUT2D eigenvalue weighted by molar-refractivity contribution is 7.91. The van der Waals surface area contributed by atoms with Gasteiger partial charge in [-0.3, -0.25) is 4.79 Å². The molecule has 1 aliphatic rings. The van der Waals surface area contributed by atoms with Crippen LogP contribution < -0.4 is 9.64 Å². The molecule has 1 fully saturated rings. The van der Waals surface area contributed by atoms with Crippen LogP contribution >= 0.6 is 11.3 Å². The van der Waals surface area contributed by atoms with Gasteiger partial charge >= 0.3 is 6.36 Å². The normalized spacial score (nSPS) is 16.6. The lowest BCUT2D eigenvalue weighted by Crippen LogP contribution is -2.43. The van der Waals surface area contributed by atoms with Crippen LogP contribution in [0.1, 0.15) is 12.8 Å². The van der Waals surface area contributed by atoms with Crippen LogP contribution in [0.15, 0.2) is 46.0 Å². The maximum atomic E-state index is 12.7. The lowest BCUT2D eigenvalue weighted by atomic mass is 9.96. The Bertz CT molecular complexity index is 936. The van der Waals surface area contributed by atoms with E-state index < -0.39 is 16.4 Å². The summed E-state index contributed by atoms with van der Waals surface area (Å²) in [6, 6.07) is 8.25. The third-order valence-electron chi connectivity index (χ3n) is 4.68. The Morgan fingerprint density at radius 1 is 1.17 bits per heavy atom. The lowest BCUT2D eigenvalue weighted by molar-refractivity contribution is -0.274. The number of piperidine rings is 1. The number of halogens is 3. The molecular weight excluding hydrogens is 429 g/mol. The number of anilines is 1. The summed E-state index contributed by atoms with van der Waals surface area (Å²) in [6.45, 7) is 0.478. The second-order valence-electron chi connectivity index (χ2n) is 6.55. The maximum Gasteiger partial charge on any atom is 0.573 e. The van der Waals surface area contributed by atoms with Crippen molar-refractivity contribution in [3.63, 3.8) is 0 Å². The van der Waals surface area contributed by atoms with Crippen LogP contribution in [-0.2, 0) is 14.8 Å². The molecule has 1 aromatic heterocycles. The van der Waals surface area contributed by atoms with E-state index in [1.807, 2.05) is 0 Å². The predicted octanol–water partition coefficient (Wildman–Crippen LogP) is 3.71. The molecule has 3 rings (SSSR count). The second-order valence-corrected chi connectivity index (χ2v) is 9.66. The van der Waals surface area contributed by atoms with Crippen molar-refractivity contribution in [1.29, 1.82) is 0 Å². The number of amides is 1. The molecule has 0 N–H and O–H groups in total. The first-order valence-electron chi connectivity index (χ1n) is 8.75. The average molecular weight is 448 g/mol. The third kappa shape index (κ3) is 5.09. The molecule has 0 bridgehead atoms. The molecule has 2 aromatic rings. The van der Waals surface area contributed by atoms with Gasteiger partial charge in [-0.15, -0.1) is 24.5 Å². The van der Waals surface area contributed by atoms with Crippen LogP contribution in [-0.4, -0.2) is 45.1 Å². The largest absolute Gasteiger partial charge is 0.573 e. The van der Waals surface area contributed by atoms with Gasteiger partial charge in [0.05, 0.1) is 0 Å². The summed E-state index contributed by atoms with van der Waals surface area (Å²) in [6.07, 6.45) is -4.02. The number of hydrogen-bond donors (Lipinski definition) is 0. The quantitative estimate of drug-likeness (QED) is 0.700. The van der Waals surface area contributed by atoms with Crippen molar-refractivity contribution in [3.8, 4) is 5.75 Å². The van der Waals surface area contributed by atoms with Crippen molar-refractivity contribution < 1.29 is 31.1 Å². The van der Waals surface area contributed by atoms with Crippen molar-refractivity contribution in [2.45, 2.75) is 23.4 Å². The Balaban J connectivity index is 1.60. The summed E-state index contributed by atoms with van der Waals surface area (Å²) in [4.78, 5) is 14.1. The molecule has 1 aliphatic heterocycles. The van der Waals surface area contributed by atoms with Gasteiger partial charge in [-0.25, -0.2) is 8.42 Å². The molecule has 0 atom stereocenters. The van der Waals surface area contributed by atoms with E-state index in [9.17, 15) is 26.4 Å². The van der Waals surface area contributed by atoms with E-state index in [4.69, 9.17) is 0 Å². The second kappa shape index (κ2) is 8.33. The summed E-state index contributed by atoms with van der Waals surface area (Å²) in [5, 5.41) is 1.70. The van der Waals surface area contributed by atoms with E-state index in [0.29, 0.717) is 18.5 Å². The Hall–Kier alpha value is -2.11. The highest BCUT2D eigenvalue weighted by atomic mass is 32.2. The molecule has 158 valence electrons. The van der Waals surface area contributed by atoms with Crippen molar-refractivity contribution in [3.05, 3.63) is 41.8 Å². The minimum absolute atomic E-state index is 0.206. The molecule has 1 amide bonds. The van der Waals surface area contributed by atoms with Crippen LogP contribution in [0.4, 0.5) is 18.9 Å². The predicted molar refractivity (Wildman–Crippen MR) is 102 cm³/mol. The first-order valence-corrected chi connectivity index (χ1v) is 11.1. The summed E-state index contributed by atoms with van der Waals surface area (Å²) >= 11 is 1.15. The number of carbonyl (C=O) groups is 1. The van der Waals surface area contributed by atoms with Crippen LogP contribution in [0.5, 0.6) is 5.75 Å². The van der Waals surface area contributed by atoms with Gasteiger partial charge in [0.2, 0.25) is 5.91 Å². The Morgan fingerprint density at radius 2 is 1.79 bits per heavy atom. The van der Waals surface area contributed by atoms with Crippen LogP contribution in [0.2, 0.25) is 0 Å². The summed E-state index contributed by atoms with van der Waals surface area (Å²) in [5.74, 6) is -0.933. The SMILES string of the molecule is CN(C(=O)C1CCN(S(=O)(=O)c2cccs2)CC1)c1ccc(OC(F)(F)F)cc1. The molecule has 11 heteroatoms. The average Bonchev–Trinajstić information content (AvgIpc) is 3.22. The number of sulfonamides is 1. The zero-order chi connectivity index (χ0) is 21.2. The molecule has 0 spiro atoms. The molecule has 1 aromatic carbocycles. The molecule has 0 saturated carbocycles. The van der Waals surface area contributed by atoms with Gasteiger partial charge in [0.1, 0.15) is 9.96 Å². The first-order chi connectivity index (χ1) is 13.6. The monoisotopic (exact) mass is 448 g/mol. The number of ether oxygens (including phenoxy) is 1. The smallest absolute Gasteiger partial charge is 0.406 e. The number of benzene rings is 1. The van der Waals surface area contributed by atoms with Crippen molar-refractivity contribution in [1.82, 2.24) is 4.31 Å². The number of thiophene rings is 1. The van der Waals surface area contributed by atoms with E-state index in [-0.39, 0.29) is 34.9 Å². The number of rotatable bonds is 5. The Morgan fingerprint density at radius 3 is 2.31 bits per heavy atom. The zero-order valence-corrected chi connectivity index (χ0v) is 17.1. The van der Waals surface area contributed by atoms with E-state index in [2.05, 4.69) is 4.74 Å². The molecule has 0 unspecified atom stereocenters. The molecule has 2 heterocycles. The van der Waals surface area contributed by atoms with Gasteiger partial charge < -0.3 is 9.64 Å². The van der Waals surface area contributed by atoms with E-state index >= 15 is 0 Å². The fourth-order valence-corrected chi connectivity index (χ4v) is 5.77. The summed E-state index contributed by atoms with van der Waals surface area (Å²) in [7, 11) is -2.00. The van der Waals surface area contributed by atoms with Gasteiger partial charge in [-0.1, -0.05) is 6.07 Å². The minimum atomic E-state index is -4.78. The van der Waals surface area contributed by atoms with E-state index in [1.54, 1.807) is 17.5 Å². The lowest BCUT2D eigenvalue weighted by Gasteiger charge is -2.32. The highest BCUT2D eigenvalue weighted by Crippen LogP contribution is 2.29. The summed E-state index contributed by atoms with van der Waals surface area (Å²) < 4.78 is 67.3. The maximum absolute atomic E-state index is 12.7. The van der Waals surface area contributed by atoms with Crippen LogP contribution in [0.3, 0.4) is 0 Å². The third-order valence-corrected chi connectivity index (χ3v) is 7.95.